The molecular weight excluding hydrogens is 264 g/mol. The van der Waals surface area contributed by atoms with E-state index in [1.807, 2.05) is 0 Å². The minimum Gasteiger partial charge on any atom is -0.395 e. The van der Waals surface area contributed by atoms with E-state index < -0.39 is 0 Å². The molecule has 1 aromatic heterocycles. The molecule has 1 aliphatic rings. The van der Waals surface area contributed by atoms with Crippen LogP contribution in [0.1, 0.15) is 55.6 Å². The van der Waals surface area contributed by atoms with Gasteiger partial charge in [0.05, 0.1) is 6.61 Å². The molecule has 1 atom stereocenters. The number of nitrogens with one attached hydrogen (secondary N) is 1. The predicted molar refractivity (Wildman–Crippen MR) is 81.7 cm³/mol. The summed E-state index contributed by atoms with van der Waals surface area (Å²) in [7, 11) is 0. The first-order valence-electron chi connectivity index (χ1n) is 7.39. The number of aliphatic hydroxyl groups excluding tert-OH is 1. The number of carbonyl (C=O) groups excluding carboxylic acids is 1. The highest BCUT2D eigenvalue weighted by Gasteiger charge is 2.35. The molecule has 112 valence electrons. The van der Waals surface area contributed by atoms with Crippen LogP contribution in [0.3, 0.4) is 0 Å². The second kappa shape index (κ2) is 6.73. The summed E-state index contributed by atoms with van der Waals surface area (Å²) in [5, 5.41) is 11.8. The van der Waals surface area contributed by atoms with Crippen molar-refractivity contribution in [3.05, 3.63) is 29.6 Å². The Balaban J connectivity index is 1.99. The fraction of sp³-hybridized carbons (Fsp3) is 0.529. The van der Waals surface area contributed by atoms with Gasteiger partial charge in [-0.3, -0.25) is 4.79 Å². The molecule has 0 saturated heterocycles. The van der Waals surface area contributed by atoms with Gasteiger partial charge >= 0.3 is 0 Å². The maximum Gasteiger partial charge on any atom is 0.270 e. The molecule has 0 radical (unpaired) electrons. The Hall–Kier alpha value is -1.86. The van der Waals surface area contributed by atoms with E-state index in [4.69, 9.17) is 5.11 Å². The molecular formula is C17H22N2O2. The van der Waals surface area contributed by atoms with E-state index >= 15 is 0 Å². The van der Waals surface area contributed by atoms with Crippen molar-refractivity contribution < 1.29 is 9.90 Å². The number of rotatable bonds is 3. The number of hydrogen-bond acceptors (Lipinski definition) is 3. The summed E-state index contributed by atoms with van der Waals surface area (Å²) < 4.78 is 0. The summed E-state index contributed by atoms with van der Waals surface area (Å²) in [6.45, 7) is 4.44. The van der Waals surface area contributed by atoms with Crippen molar-refractivity contribution in [2.24, 2.45) is 5.41 Å². The smallest absolute Gasteiger partial charge is 0.270 e. The summed E-state index contributed by atoms with van der Waals surface area (Å²) in [6, 6.07) is 3.70. The van der Waals surface area contributed by atoms with Crippen LogP contribution in [0.2, 0.25) is 0 Å². The summed E-state index contributed by atoms with van der Waals surface area (Å²) in [6.07, 6.45) is 5.37. The molecule has 2 rings (SSSR count). The largest absolute Gasteiger partial charge is 0.395 e. The van der Waals surface area contributed by atoms with E-state index in [2.05, 4.69) is 36.0 Å². The Morgan fingerprint density at radius 3 is 2.90 bits per heavy atom. The zero-order valence-electron chi connectivity index (χ0n) is 12.6. The van der Waals surface area contributed by atoms with Gasteiger partial charge in [0.15, 0.2) is 0 Å². The lowest BCUT2D eigenvalue weighted by Gasteiger charge is -2.27. The third kappa shape index (κ3) is 4.05. The van der Waals surface area contributed by atoms with Crippen molar-refractivity contribution in [1.29, 1.82) is 0 Å². The Bertz CT molecular complexity index is 552. The molecule has 2 N–H and O–H groups in total. The monoisotopic (exact) mass is 286 g/mol. The van der Waals surface area contributed by atoms with E-state index in [-0.39, 0.29) is 24.0 Å². The highest BCUT2D eigenvalue weighted by Crippen LogP contribution is 2.37. The van der Waals surface area contributed by atoms with Crippen LogP contribution in [-0.2, 0) is 0 Å². The Kier molecular flexibility index (Phi) is 4.98. The minimum atomic E-state index is -0.121. The normalized spacial score (nSPS) is 19.7. The highest BCUT2D eigenvalue weighted by atomic mass is 16.2. The van der Waals surface area contributed by atoms with Crippen molar-refractivity contribution in [3.8, 4) is 11.8 Å². The Morgan fingerprint density at radius 1 is 1.52 bits per heavy atom. The van der Waals surface area contributed by atoms with E-state index in [1.54, 1.807) is 18.3 Å². The van der Waals surface area contributed by atoms with Gasteiger partial charge in [-0.2, -0.15) is 0 Å². The molecule has 1 aliphatic carbocycles. The molecule has 1 heterocycles. The summed E-state index contributed by atoms with van der Waals surface area (Å²) in [4.78, 5) is 16.4. The van der Waals surface area contributed by atoms with Crippen LogP contribution in [0.5, 0.6) is 0 Å². The quantitative estimate of drug-likeness (QED) is 0.837. The first-order valence-corrected chi connectivity index (χ1v) is 7.39. The Morgan fingerprint density at radius 2 is 2.33 bits per heavy atom. The summed E-state index contributed by atoms with van der Waals surface area (Å²) >= 11 is 0. The van der Waals surface area contributed by atoms with Crippen molar-refractivity contribution in [2.75, 3.05) is 6.61 Å². The van der Waals surface area contributed by atoms with Crippen molar-refractivity contribution in [2.45, 2.75) is 45.6 Å². The van der Waals surface area contributed by atoms with Gasteiger partial charge in [0.1, 0.15) is 5.69 Å². The number of amides is 1. The zero-order valence-corrected chi connectivity index (χ0v) is 12.6. The van der Waals surface area contributed by atoms with Crippen LogP contribution in [-0.4, -0.2) is 28.6 Å². The van der Waals surface area contributed by atoms with Gasteiger partial charge in [-0.05, 0) is 30.4 Å². The van der Waals surface area contributed by atoms with Crippen LogP contribution < -0.4 is 5.32 Å². The van der Waals surface area contributed by atoms with Gasteiger partial charge in [0.25, 0.3) is 5.91 Å². The molecule has 0 aliphatic heterocycles. The molecule has 1 saturated carbocycles. The standard InChI is InChI=1S/C17H22N2O2/c1-17(2)10-5-7-15(17)19-16(21)14-9-8-13(12-18-14)6-3-4-11-20/h8-9,12,15,20H,4-5,7,10-11H2,1-2H3,(H,19,21). The fourth-order valence-corrected chi connectivity index (χ4v) is 2.65. The van der Waals surface area contributed by atoms with Crippen LogP contribution in [0, 0.1) is 17.3 Å². The average Bonchev–Trinajstić information content (AvgIpc) is 2.79. The van der Waals surface area contributed by atoms with Gasteiger partial charge in [-0.25, -0.2) is 4.98 Å². The average molecular weight is 286 g/mol. The third-order valence-electron chi connectivity index (χ3n) is 4.03. The van der Waals surface area contributed by atoms with E-state index in [0.717, 1.165) is 24.8 Å². The number of carbonyl (C=O) groups is 1. The number of nitrogens with zero attached hydrogens (tertiary/aromatic N) is 1. The highest BCUT2D eigenvalue weighted by molar-refractivity contribution is 5.92. The minimum absolute atomic E-state index is 0.0537. The second-order valence-electron chi connectivity index (χ2n) is 6.11. The van der Waals surface area contributed by atoms with E-state index in [0.29, 0.717) is 12.1 Å². The Labute approximate surface area is 126 Å². The SMILES string of the molecule is CC1(C)CCCC1NC(=O)c1ccc(C#CCCO)cn1. The zero-order chi connectivity index (χ0) is 15.3. The first kappa shape index (κ1) is 15.5. The second-order valence-corrected chi connectivity index (χ2v) is 6.11. The predicted octanol–water partition coefficient (Wildman–Crippen LogP) is 2.12. The van der Waals surface area contributed by atoms with Crippen molar-refractivity contribution in [1.82, 2.24) is 10.3 Å². The lowest BCUT2D eigenvalue weighted by Crippen LogP contribution is -2.41. The lowest BCUT2D eigenvalue weighted by molar-refractivity contribution is 0.0905. The van der Waals surface area contributed by atoms with E-state index in [9.17, 15) is 4.79 Å². The van der Waals surface area contributed by atoms with Crippen LogP contribution in [0.15, 0.2) is 18.3 Å². The van der Waals surface area contributed by atoms with Gasteiger partial charge in [0.2, 0.25) is 0 Å². The maximum atomic E-state index is 12.2. The topological polar surface area (TPSA) is 62.2 Å². The molecule has 0 spiro atoms. The first-order chi connectivity index (χ1) is 10.0. The lowest BCUT2D eigenvalue weighted by atomic mass is 9.87. The molecule has 0 bridgehead atoms. The molecule has 1 fully saturated rings. The van der Waals surface area contributed by atoms with Gasteiger partial charge in [-0.1, -0.05) is 32.1 Å². The molecule has 1 unspecified atom stereocenters. The van der Waals surface area contributed by atoms with Gasteiger partial charge in [-0.15, -0.1) is 0 Å². The molecule has 1 aromatic rings. The molecule has 0 aromatic carbocycles. The number of aliphatic hydroxyl groups is 1. The molecule has 1 amide bonds. The van der Waals surface area contributed by atoms with Crippen LogP contribution in [0.25, 0.3) is 0 Å². The van der Waals surface area contributed by atoms with Crippen LogP contribution >= 0.6 is 0 Å². The van der Waals surface area contributed by atoms with Gasteiger partial charge in [0, 0.05) is 24.2 Å². The fourth-order valence-electron chi connectivity index (χ4n) is 2.65. The van der Waals surface area contributed by atoms with Crippen LogP contribution in [0.4, 0.5) is 0 Å². The molecule has 4 heteroatoms. The summed E-state index contributed by atoms with van der Waals surface area (Å²) in [5.74, 6) is 5.60. The van der Waals surface area contributed by atoms with E-state index in [1.165, 1.54) is 0 Å². The third-order valence-corrected chi connectivity index (χ3v) is 4.03. The van der Waals surface area contributed by atoms with Gasteiger partial charge < -0.3 is 10.4 Å². The maximum absolute atomic E-state index is 12.2. The molecule has 4 nitrogen and oxygen atoms in total. The summed E-state index contributed by atoms with van der Waals surface area (Å²) in [5.41, 5.74) is 1.33. The molecule has 21 heavy (non-hydrogen) atoms. The number of hydrogen-bond donors (Lipinski definition) is 2. The van der Waals surface area contributed by atoms with Crippen molar-refractivity contribution >= 4 is 5.91 Å². The van der Waals surface area contributed by atoms with Crippen molar-refractivity contribution in [3.63, 3.8) is 0 Å². The number of pyridine rings is 1. The number of aromatic nitrogens is 1.